The lowest BCUT2D eigenvalue weighted by atomic mass is 10.0. The van der Waals surface area contributed by atoms with Gasteiger partial charge in [0.05, 0.1) is 11.6 Å². The van der Waals surface area contributed by atoms with Crippen LogP contribution in [0.15, 0.2) is 22.7 Å². The topological polar surface area (TPSA) is 58.6 Å². The Hall–Kier alpha value is -1.56. The number of amides is 2. The zero-order valence-corrected chi connectivity index (χ0v) is 13.8. The molecule has 2 rings (SSSR count). The van der Waals surface area contributed by atoms with Crippen LogP contribution in [0.1, 0.15) is 30.1 Å². The average Bonchev–Trinajstić information content (AvgIpc) is 2.46. The lowest BCUT2D eigenvalue weighted by molar-refractivity contribution is -0.119. The van der Waals surface area contributed by atoms with Crippen molar-refractivity contribution in [2.45, 2.75) is 25.8 Å². The van der Waals surface area contributed by atoms with Crippen molar-refractivity contribution in [2.75, 3.05) is 20.2 Å². The van der Waals surface area contributed by atoms with Gasteiger partial charge < -0.3 is 15.0 Å². The molecule has 1 fully saturated rings. The number of likely N-dealkylation sites (tertiary alicyclic amines) is 1. The molecule has 0 atom stereocenters. The Morgan fingerprint density at radius 1 is 1.33 bits per heavy atom. The van der Waals surface area contributed by atoms with Crippen LogP contribution in [0, 0.1) is 0 Å². The van der Waals surface area contributed by atoms with Gasteiger partial charge in [0, 0.05) is 31.6 Å². The van der Waals surface area contributed by atoms with E-state index in [0.717, 1.165) is 17.3 Å². The highest BCUT2D eigenvalue weighted by molar-refractivity contribution is 9.10. The van der Waals surface area contributed by atoms with Crippen molar-refractivity contribution in [3.05, 3.63) is 28.2 Å². The van der Waals surface area contributed by atoms with E-state index in [1.54, 1.807) is 25.3 Å². The van der Waals surface area contributed by atoms with Gasteiger partial charge in [-0.2, -0.15) is 0 Å². The van der Waals surface area contributed by atoms with Gasteiger partial charge in [-0.15, -0.1) is 0 Å². The molecule has 0 saturated carbocycles. The van der Waals surface area contributed by atoms with Gasteiger partial charge in [0.2, 0.25) is 5.91 Å². The molecule has 0 unspecified atom stereocenters. The molecule has 1 N–H and O–H groups in total. The van der Waals surface area contributed by atoms with E-state index in [1.165, 1.54) is 6.92 Å². The maximum absolute atomic E-state index is 12.5. The summed E-state index contributed by atoms with van der Waals surface area (Å²) < 4.78 is 5.93. The highest BCUT2D eigenvalue weighted by atomic mass is 79.9. The number of benzene rings is 1. The number of carbonyl (C=O) groups is 2. The van der Waals surface area contributed by atoms with Crippen LogP contribution in [0.2, 0.25) is 0 Å². The van der Waals surface area contributed by atoms with E-state index in [9.17, 15) is 9.59 Å². The summed E-state index contributed by atoms with van der Waals surface area (Å²) in [7, 11) is 1.59. The molecule has 0 aliphatic carbocycles. The summed E-state index contributed by atoms with van der Waals surface area (Å²) in [5, 5.41) is 2.90. The molecule has 0 bridgehead atoms. The quantitative estimate of drug-likeness (QED) is 0.904. The minimum Gasteiger partial charge on any atom is -0.496 e. The van der Waals surface area contributed by atoms with E-state index in [4.69, 9.17) is 4.74 Å². The summed E-state index contributed by atoms with van der Waals surface area (Å²) in [6.07, 6.45) is 1.59. The van der Waals surface area contributed by atoms with Crippen molar-refractivity contribution in [3.63, 3.8) is 0 Å². The summed E-state index contributed by atoms with van der Waals surface area (Å²) in [5.41, 5.74) is 0.639. The molecule has 5 nitrogen and oxygen atoms in total. The van der Waals surface area contributed by atoms with Crippen molar-refractivity contribution in [1.29, 1.82) is 0 Å². The standard InChI is InChI=1S/C15H19BrN2O3/c1-10(19)17-12-5-7-18(8-6-12)15(20)11-3-4-14(21-2)13(16)9-11/h3-4,9,12H,5-8H2,1-2H3,(H,17,19). The molecule has 6 heteroatoms. The van der Waals surface area contributed by atoms with Gasteiger partial charge in [-0.1, -0.05) is 0 Å². The second-order valence-corrected chi connectivity index (χ2v) is 5.97. The van der Waals surface area contributed by atoms with E-state index in [1.807, 2.05) is 4.90 Å². The van der Waals surface area contributed by atoms with Crippen molar-refractivity contribution in [2.24, 2.45) is 0 Å². The smallest absolute Gasteiger partial charge is 0.253 e. The van der Waals surface area contributed by atoms with Gasteiger partial charge in [-0.05, 0) is 47.0 Å². The Morgan fingerprint density at radius 3 is 2.52 bits per heavy atom. The Morgan fingerprint density at radius 2 is 2.00 bits per heavy atom. The summed E-state index contributed by atoms with van der Waals surface area (Å²) >= 11 is 3.39. The summed E-state index contributed by atoms with van der Waals surface area (Å²) in [6.45, 7) is 2.84. The maximum atomic E-state index is 12.5. The molecule has 1 aromatic carbocycles. The van der Waals surface area contributed by atoms with Crippen molar-refractivity contribution >= 4 is 27.7 Å². The number of hydrogen-bond donors (Lipinski definition) is 1. The number of ether oxygens (including phenoxy) is 1. The van der Waals surface area contributed by atoms with Crippen LogP contribution in [0.3, 0.4) is 0 Å². The molecule has 1 heterocycles. The fraction of sp³-hybridized carbons (Fsp3) is 0.467. The van der Waals surface area contributed by atoms with Gasteiger partial charge in [0.25, 0.3) is 5.91 Å². The normalized spacial score (nSPS) is 15.7. The molecule has 1 saturated heterocycles. The number of hydrogen-bond acceptors (Lipinski definition) is 3. The second kappa shape index (κ2) is 6.93. The summed E-state index contributed by atoms with van der Waals surface area (Å²) in [5.74, 6) is 0.703. The number of carbonyl (C=O) groups excluding carboxylic acids is 2. The zero-order chi connectivity index (χ0) is 15.4. The van der Waals surface area contributed by atoms with E-state index < -0.39 is 0 Å². The molecule has 114 valence electrons. The molecule has 0 radical (unpaired) electrons. The van der Waals surface area contributed by atoms with Gasteiger partial charge in [-0.3, -0.25) is 9.59 Å². The van der Waals surface area contributed by atoms with Crippen LogP contribution >= 0.6 is 15.9 Å². The molecule has 0 spiro atoms. The minimum absolute atomic E-state index is 0.0135. The van der Waals surface area contributed by atoms with Crippen molar-refractivity contribution < 1.29 is 14.3 Å². The predicted molar refractivity (Wildman–Crippen MR) is 83.4 cm³/mol. The number of rotatable bonds is 3. The Bertz CT molecular complexity index is 540. The van der Waals surface area contributed by atoms with Crippen LogP contribution in [0.5, 0.6) is 5.75 Å². The molecule has 1 aliphatic heterocycles. The van der Waals surface area contributed by atoms with Crippen LogP contribution in [0.4, 0.5) is 0 Å². The van der Waals surface area contributed by atoms with Crippen molar-refractivity contribution in [1.82, 2.24) is 10.2 Å². The van der Waals surface area contributed by atoms with Crippen LogP contribution in [-0.4, -0.2) is 43.0 Å². The highest BCUT2D eigenvalue weighted by Gasteiger charge is 2.24. The number of methoxy groups -OCH3 is 1. The van der Waals surface area contributed by atoms with Gasteiger partial charge in [0.1, 0.15) is 5.75 Å². The first-order valence-electron chi connectivity index (χ1n) is 6.91. The van der Waals surface area contributed by atoms with Crippen LogP contribution < -0.4 is 10.1 Å². The minimum atomic E-state index is -0.0149. The monoisotopic (exact) mass is 354 g/mol. The molecular weight excluding hydrogens is 336 g/mol. The lowest BCUT2D eigenvalue weighted by Gasteiger charge is -2.32. The van der Waals surface area contributed by atoms with Gasteiger partial charge >= 0.3 is 0 Å². The third-order valence-corrected chi connectivity index (χ3v) is 4.21. The Kier molecular flexibility index (Phi) is 5.22. The van der Waals surface area contributed by atoms with E-state index >= 15 is 0 Å². The van der Waals surface area contributed by atoms with E-state index in [2.05, 4.69) is 21.2 Å². The molecule has 1 aliphatic rings. The van der Waals surface area contributed by atoms with Crippen molar-refractivity contribution in [3.8, 4) is 5.75 Å². The van der Waals surface area contributed by atoms with E-state index in [0.29, 0.717) is 24.4 Å². The van der Waals surface area contributed by atoms with Gasteiger partial charge in [0.15, 0.2) is 0 Å². The SMILES string of the molecule is COc1ccc(C(=O)N2CCC(NC(C)=O)CC2)cc1Br. The van der Waals surface area contributed by atoms with E-state index in [-0.39, 0.29) is 17.9 Å². The largest absolute Gasteiger partial charge is 0.496 e. The first-order valence-corrected chi connectivity index (χ1v) is 7.70. The molecule has 1 aromatic rings. The third kappa shape index (κ3) is 3.97. The molecule has 0 aromatic heterocycles. The van der Waals surface area contributed by atoms with Crippen LogP contribution in [-0.2, 0) is 4.79 Å². The zero-order valence-electron chi connectivity index (χ0n) is 12.2. The molecule has 2 amide bonds. The fourth-order valence-electron chi connectivity index (χ4n) is 2.50. The third-order valence-electron chi connectivity index (χ3n) is 3.59. The fourth-order valence-corrected chi connectivity index (χ4v) is 3.04. The second-order valence-electron chi connectivity index (χ2n) is 5.12. The average molecular weight is 355 g/mol. The Balaban J connectivity index is 1.98. The first kappa shape index (κ1) is 15.8. The highest BCUT2D eigenvalue weighted by Crippen LogP contribution is 2.26. The Labute approximate surface area is 132 Å². The summed E-state index contributed by atoms with van der Waals surface area (Å²) in [6, 6.07) is 5.50. The number of nitrogens with zero attached hydrogens (tertiary/aromatic N) is 1. The lowest BCUT2D eigenvalue weighted by Crippen LogP contribution is -2.46. The number of nitrogens with one attached hydrogen (secondary N) is 1. The predicted octanol–water partition coefficient (Wildman–Crippen LogP) is 2.20. The van der Waals surface area contributed by atoms with Crippen LogP contribution in [0.25, 0.3) is 0 Å². The number of halogens is 1. The molecular formula is C15H19BrN2O3. The number of piperidine rings is 1. The maximum Gasteiger partial charge on any atom is 0.253 e. The first-order chi connectivity index (χ1) is 10.0. The molecule has 21 heavy (non-hydrogen) atoms. The summed E-state index contributed by atoms with van der Waals surface area (Å²) in [4.78, 5) is 25.3. The van der Waals surface area contributed by atoms with Gasteiger partial charge in [-0.25, -0.2) is 0 Å².